The van der Waals surface area contributed by atoms with Gasteiger partial charge in [-0.1, -0.05) is 13.0 Å². The van der Waals surface area contributed by atoms with Crippen LogP contribution in [0.25, 0.3) is 0 Å². The van der Waals surface area contributed by atoms with Gasteiger partial charge in [0.15, 0.2) is 0 Å². The van der Waals surface area contributed by atoms with E-state index in [0.717, 1.165) is 22.3 Å². The minimum atomic E-state index is 0.463. The van der Waals surface area contributed by atoms with Crippen LogP contribution >= 0.6 is 15.9 Å². The smallest absolute Gasteiger partial charge is 0.213 e. The molecule has 0 aliphatic carbocycles. The fraction of sp³-hybridized carbons (Fsp3) is 0.231. The molecule has 1 heterocycles. The van der Waals surface area contributed by atoms with Crippen molar-refractivity contribution in [2.24, 2.45) is 0 Å². The number of aryl methyl sites for hydroxylation is 1. The van der Waals surface area contributed by atoms with E-state index in [-0.39, 0.29) is 0 Å². The molecule has 0 fully saturated rings. The van der Waals surface area contributed by atoms with Gasteiger partial charge in [0.05, 0.1) is 24.0 Å². The zero-order valence-corrected chi connectivity index (χ0v) is 11.5. The lowest BCUT2D eigenvalue weighted by Crippen LogP contribution is -2.01. The van der Waals surface area contributed by atoms with E-state index < -0.39 is 0 Å². The van der Waals surface area contributed by atoms with Gasteiger partial charge in [-0.05, 0) is 28.1 Å². The molecule has 0 amide bonds. The Morgan fingerprint density at radius 3 is 3.00 bits per heavy atom. The lowest BCUT2D eigenvalue weighted by atomic mass is 10.2. The summed E-state index contributed by atoms with van der Waals surface area (Å²) in [5.74, 6) is 1.48. The van der Waals surface area contributed by atoms with Gasteiger partial charge in [-0.25, -0.2) is 4.98 Å². The Balaban J connectivity index is 2.11. The molecule has 0 unspecified atom stereocenters. The molecule has 4 nitrogen and oxygen atoms in total. The molecule has 92 valence electrons. The molecule has 0 atom stereocenters. The van der Waals surface area contributed by atoms with E-state index in [4.69, 9.17) is 9.68 Å². The summed E-state index contributed by atoms with van der Waals surface area (Å²) in [5, 5.41) is 12.2. The van der Waals surface area contributed by atoms with Gasteiger partial charge in [-0.15, -0.1) is 0 Å². The van der Waals surface area contributed by atoms with E-state index in [2.05, 4.69) is 32.3 Å². The summed E-state index contributed by atoms with van der Waals surface area (Å²) in [6, 6.07) is 7.72. The molecule has 1 aromatic heterocycles. The molecule has 0 aliphatic rings. The fourth-order valence-corrected chi connectivity index (χ4v) is 2.00. The molecule has 18 heavy (non-hydrogen) atoms. The largest absolute Gasteiger partial charge is 0.444 e. The van der Waals surface area contributed by atoms with Crippen molar-refractivity contribution in [1.29, 1.82) is 5.26 Å². The second-order valence-corrected chi connectivity index (χ2v) is 4.56. The van der Waals surface area contributed by atoms with E-state index in [9.17, 15) is 0 Å². The molecule has 0 saturated heterocycles. The maximum absolute atomic E-state index is 9.08. The van der Waals surface area contributed by atoms with Gasteiger partial charge < -0.3 is 9.73 Å². The van der Waals surface area contributed by atoms with E-state index in [1.165, 1.54) is 0 Å². The van der Waals surface area contributed by atoms with Crippen LogP contribution in [0.1, 0.15) is 24.1 Å². The molecular formula is C13H12BrN3O. The quantitative estimate of drug-likeness (QED) is 0.939. The van der Waals surface area contributed by atoms with E-state index in [1.54, 1.807) is 6.20 Å². The van der Waals surface area contributed by atoms with Gasteiger partial charge >= 0.3 is 0 Å². The normalized spacial score (nSPS) is 10.1. The molecular weight excluding hydrogens is 294 g/mol. The highest BCUT2D eigenvalue weighted by Gasteiger charge is 2.07. The van der Waals surface area contributed by atoms with Crippen molar-refractivity contribution in [3.05, 3.63) is 46.1 Å². The SMILES string of the molecule is CCc1cnc(CNc2cccc(Br)c2C#N)o1. The summed E-state index contributed by atoms with van der Waals surface area (Å²) in [5.41, 5.74) is 1.35. The van der Waals surface area contributed by atoms with Gasteiger partial charge in [0.2, 0.25) is 5.89 Å². The number of hydrogen-bond donors (Lipinski definition) is 1. The third-order valence-electron chi connectivity index (χ3n) is 2.51. The van der Waals surface area contributed by atoms with Gasteiger partial charge in [0.1, 0.15) is 11.8 Å². The maximum atomic E-state index is 9.08. The Morgan fingerprint density at radius 1 is 1.50 bits per heavy atom. The molecule has 2 rings (SSSR count). The average Bonchev–Trinajstić information content (AvgIpc) is 2.84. The molecule has 0 spiro atoms. The monoisotopic (exact) mass is 305 g/mol. The van der Waals surface area contributed by atoms with Crippen LogP contribution in [-0.2, 0) is 13.0 Å². The molecule has 0 radical (unpaired) electrons. The van der Waals surface area contributed by atoms with E-state index in [1.807, 2.05) is 25.1 Å². The van der Waals surface area contributed by atoms with Crippen molar-refractivity contribution in [3.8, 4) is 6.07 Å². The number of hydrogen-bond acceptors (Lipinski definition) is 4. The molecule has 5 heteroatoms. The highest BCUT2D eigenvalue weighted by molar-refractivity contribution is 9.10. The summed E-state index contributed by atoms with van der Waals surface area (Å²) < 4.78 is 6.26. The Bertz CT molecular complexity index is 586. The van der Waals surface area contributed by atoms with Crippen LogP contribution in [0.15, 0.2) is 33.3 Å². The van der Waals surface area contributed by atoms with Crippen LogP contribution in [-0.4, -0.2) is 4.98 Å². The number of nitrogens with zero attached hydrogens (tertiary/aromatic N) is 2. The van der Waals surface area contributed by atoms with Crippen molar-refractivity contribution < 1.29 is 4.42 Å². The van der Waals surface area contributed by atoms with E-state index >= 15 is 0 Å². The highest BCUT2D eigenvalue weighted by Crippen LogP contribution is 2.24. The third kappa shape index (κ3) is 2.71. The summed E-state index contributed by atoms with van der Waals surface area (Å²) in [6.45, 7) is 2.48. The summed E-state index contributed by atoms with van der Waals surface area (Å²) in [7, 11) is 0. The molecule has 0 bridgehead atoms. The van der Waals surface area contributed by atoms with Crippen LogP contribution in [0.5, 0.6) is 0 Å². The standard InChI is InChI=1S/C13H12BrN3O/c1-2-9-7-17-13(18-9)8-16-12-5-3-4-11(14)10(12)6-15/h3-5,7,16H,2,8H2,1H3. The zero-order valence-electron chi connectivity index (χ0n) is 9.90. The number of aromatic nitrogens is 1. The minimum Gasteiger partial charge on any atom is -0.444 e. The van der Waals surface area contributed by atoms with Crippen LogP contribution in [0.3, 0.4) is 0 Å². The summed E-state index contributed by atoms with van der Waals surface area (Å²) >= 11 is 3.35. The molecule has 2 aromatic rings. The Morgan fingerprint density at radius 2 is 2.33 bits per heavy atom. The first-order valence-electron chi connectivity index (χ1n) is 5.60. The number of halogens is 1. The number of nitrogens with one attached hydrogen (secondary N) is 1. The van der Waals surface area contributed by atoms with Crippen molar-refractivity contribution in [1.82, 2.24) is 4.98 Å². The second-order valence-electron chi connectivity index (χ2n) is 3.70. The maximum Gasteiger partial charge on any atom is 0.213 e. The number of nitriles is 1. The van der Waals surface area contributed by atoms with Gasteiger partial charge in [0.25, 0.3) is 0 Å². The number of rotatable bonds is 4. The topological polar surface area (TPSA) is 61.9 Å². The van der Waals surface area contributed by atoms with E-state index in [0.29, 0.717) is 18.0 Å². The van der Waals surface area contributed by atoms with Crippen molar-refractivity contribution in [3.63, 3.8) is 0 Å². The van der Waals surface area contributed by atoms with Crippen LogP contribution < -0.4 is 5.32 Å². The van der Waals surface area contributed by atoms with Crippen molar-refractivity contribution in [2.45, 2.75) is 19.9 Å². The predicted molar refractivity (Wildman–Crippen MR) is 72.1 cm³/mol. The first-order valence-corrected chi connectivity index (χ1v) is 6.40. The molecule has 1 N–H and O–H groups in total. The highest BCUT2D eigenvalue weighted by atomic mass is 79.9. The number of benzene rings is 1. The average molecular weight is 306 g/mol. The third-order valence-corrected chi connectivity index (χ3v) is 3.17. The van der Waals surface area contributed by atoms with Crippen LogP contribution in [0.4, 0.5) is 5.69 Å². The van der Waals surface area contributed by atoms with Crippen molar-refractivity contribution >= 4 is 21.6 Å². The van der Waals surface area contributed by atoms with Crippen molar-refractivity contribution in [2.75, 3.05) is 5.32 Å². The fourth-order valence-electron chi connectivity index (χ4n) is 1.55. The molecule has 0 saturated carbocycles. The van der Waals surface area contributed by atoms with Crippen LogP contribution in [0, 0.1) is 11.3 Å². The first kappa shape index (κ1) is 12.7. The lowest BCUT2D eigenvalue weighted by Gasteiger charge is -2.06. The lowest BCUT2D eigenvalue weighted by molar-refractivity contribution is 0.466. The predicted octanol–water partition coefficient (Wildman–Crippen LogP) is 3.48. The summed E-state index contributed by atoms with van der Waals surface area (Å²) in [6.07, 6.45) is 2.55. The number of oxazole rings is 1. The van der Waals surface area contributed by atoms with Gasteiger partial charge in [-0.3, -0.25) is 0 Å². The molecule has 0 aliphatic heterocycles. The first-order chi connectivity index (χ1) is 8.74. The zero-order chi connectivity index (χ0) is 13.0. The Kier molecular flexibility index (Phi) is 4.00. The Hall–Kier alpha value is -1.80. The van der Waals surface area contributed by atoms with Gasteiger partial charge in [0, 0.05) is 10.9 Å². The van der Waals surface area contributed by atoms with Crippen LogP contribution in [0.2, 0.25) is 0 Å². The Labute approximate surface area is 114 Å². The van der Waals surface area contributed by atoms with Gasteiger partial charge in [-0.2, -0.15) is 5.26 Å². The molecule has 1 aromatic carbocycles. The number of anilines is 1. The second kappa shape index (κ2) is 5.69. The summed E-state index contributed by atoms with van der Waals surface area (Å²) in [4.78, 5) is 4.16. The minimum absolute atomic E-state index is 0.463.